The zero-order valence-corrected chi connectivity index (χ0v) is 17.9. The summed E-state index contributed by atoms with van der Waals surface area (Å²) in [6, 6.07) is 8.95. The average molecular weight is 436 g/mol. The predicted molar refractivity (Wildman–Crippen MR) is 116 cm³/mol. The highest BCUT2D eigenvalue weighted by atomic mass is 35.5. The van der Waals surface area contributed by atoms with Gasteiger partial charge in [-0.1, -0.05) is 11.6 Å². The summed E-state index contributed by atoms with van der Waals surface area (Å²) in [6.45, 7) is 2.62. The van der Waals surface area contributed by atoms with Crippen molar-refractivity contribution in [2.24, 2.45) is 5.92 Å². The molecule has 3 unspecified atom stereocenters. The van der Waals surface area contributed by atoms with Gasteiger partial charge in [0.15, 0.2) is 5.82 Å². The van der Waals surface area contributed by atoms with Crippen LogP contribution in [0.3, 0.4) is 0 Å². The zero-order valence-electron chi connectivity index (χ0n) is 17.1. The molecule has 1 aliphatic carbocycles. The van der Waals surface area contributed by atoms with Crippen LogP contribution in [0.15, 0.2) is 48.9 Å². The van der Waals surface area contributed by atoms with E-state index in [2.05, 4.69) is 19.9 Å². The summed E-state index contributed by atoms with van der Waals surface area (Å²) in [6.07, 6.45) is 7.72. The van der Waals surface area contributed by atoms with Crippen molar-refractivity contribution < 1.29 is 9.53 Å². The van der Waals surface area contributed by atoms with E-state index < -0.39 is 0 Å². The van der Waals surface area contributed by atoms with Gasteiger partial charge in [0.2, 0.25) is 5.88 Å². The lowest BCUT2D eigenvalue weighted by molar-refractivity contribution is -0.0313. The second-order valence-corrected chi connectivity index (χ2v) is 8.53. The van der Waals surface area contributed by atoms with Gasteiger partial charge in [-0.05, 0) is 56.4 Å². The molecule has 1 amide bonds. The van der Waals surface area contributed by atoms with Crippen LogP contribution >= 0.6 is 11.6 Å². The number of hydrogen-bond donors (Lipinski definition) is 0. The van der Waals surface area contributed by atoms with Gasteiger partial charge in [-0.3, -0.25) is 4.79 Å². The highest BCUT2D eigenvalue weighted by Gasteiger charge is 2.45. The highest BCUT2D eigenvalue weighted by Crippen LogP contribution is 2.38. The monoisotopic (exact) mass is 435 g/mol. The molecule has 0 radical (unpaired) electrons. The normalized spacial score (nSPS) is 22.4. The third-order valence-corrected chi connectivity index (χ3v) is 6.22. The van der Waals surface area contributed by atoms with Crippen LogP contribution in [0, 0.1) is 12.8 Å². The first kappa shape index (κ1) is 19.9. The minimum atomic E-state index is -0.0973. The number of hydrogen-bond acceptors (Lipinski definition) is 6. The van der Waals surface area contributed by atoms with Crippen molar-refractivity contribution in [3.63, 3.8) is 0 Å². The van der Waals surface area contributed by atoms with Crippen molar-refractivity contribution in [2.45, 2.75) is 38.3 Å². The minimum Gasteiger partial charge on any atom is -0.472 e. The summed E-state index contributed by atoms with van der Waals surface area (Å²) < 4.78 is 6.19. The standard InChI is InChI=1S/C23H22ClN5O2/c1-14-3-6-17(21(28-14)22-25-9-2-10-26-22)23(30)29-13-15-4-7-18(29)19(11-15)31-20-8-5-16(24)12-27-20/h2-3,5-6,8-10,12,15,18-19H,4,7,11,13H2,1H3. The Morgan fingerprint density at radius 2 is 1.97 bits per heavy atom. The third kappa shape index (κ3) is 3.97. The van der Waals surface area contributed by atoms with Crippen molar-refractivity contribution in [1.82, 2.24) is 24.8 Å². The maximum atomic E-state index is 13.7. The van der Waals surface area contributed by atoms with E-state index in [4.69, 9.17) is 16.3 Å². The summed E-state index contributed by atoms with van der Waals surface area (Å²) in [7, 11) is 0. The molecule has 2 saturated heterocycles. The van der Waals surface area contributed by atoms with Crippen molar-refractivity contribution in [3.8, 4) is 17.4 Å². The summed E-state index contributed by atoms with van der Waals surface area (Å²) in [5, 5.41) is 0.567. The quantitative estimate of drug-likeness (QED) is 0.616. The topological polar surface area (TPSA) is 81.1 Å². The molecule has 0 N–H and O–H groups in total. The van der Waals surface area contributed by atoms with Crippen LogP contribution in [-0.2, 0) is 0 Å². The lowest BCUT2D eigenvalue weighted by Crippen LogP contribution is -2.59. The van der Waals surface area contributed by atoms with Gasteiger partial charge in [-0.25, -0.2) is 19.9 Å². The van der Waals surface area contributed by atoms with Crippen LogP contribution in [0.2, 0.25) is 5.02 Å². The Balaban J connectivity index is 1.44. The fraction of sp³-hybridized carbons (Fsp3) is 0.348. The van der Waals surface area contributed by atoms with E-state index >= 15 is 0 Å². The number of amides is 1. The molecule has 158 valence electrons. The van der Waals surface area contributed by atoms with Gasteiger partial charge in [0.05, 0.1) is 16.6 Å². The van der Waals surface area contributed by atoms with Gasteiger partial charge in [0.25, 0.3) is 5.91 Å². The van der Waals surface area contributed by atoms with Crippen LogP contribution in [-0.4, -0.2) is 49.4 Å². The molecule has 6 rings (SSSR count). The Morgan fingerprint density at radius 3 is 2.71 bits per heavy atom. The average Bonchev–Trinajstić information content (AvgIpc) is 2.81. The Morgan fingerprint density at radius 1 is 1.13 bits per heavy atom. The van der Waals surface area contributed by atoms with E-state index in [1.54, 1.807) is 36.8 Å². The molecule has 7 nitrogen and oxygen atoms in total. The predicted octanol–water partition coefficient (Wildman–Crippen LogP) is 3.97. The molecule has 3 aromatic heterocycles. The van der Waals surface area contributed by atoms with Crippen LogP contribution in [0.25, 0.3) is 11.5 Å². The molecule has 0 spiro atoms. The van der Waals surface area contributed by atoms with Crippen LogP contribution < -0.4 is 4.74 Å². The van der Waals surface area contributed by atoms with E-state index in [1.165, 1.54) is 0 Å². The molecular weight excluding hydrogens is 414 g/mol. The smallest absolute Gasteiger partial charge is 0.256 e. The molecule has 0 aromatic carbocycles. The Kier molecular flexibility index (Phi) is 5.28. The lowest BCUT2D eigenvalue weighted by atomic mass is 9.77. The third-order valence-electron chi connectivity index (χ3n) is 6.00. The molecule has 3 aliphatic rings. The van der Waals surface area contributed by atoms with Crippen molar-refractivity contribution in [3.05, 3.63) is 65.2 Å². The lowest BCUT2D eigenvalue weighted by Gasteiger charge is -2.49. The number of piperidine rings is 2. The maximum Gasteiger partial charge on any atom is 0.256 e. The zero-order chi connectivity index (χ0) is 21.4. The molecule has 2 aliphatic heterocycles. The Labute approximate surface area is 185 Å². The van der Waals surface area contributed by atoms with E-state index in [9.17, 15) is 4.79 Å². The Bertz CT molecular complexity index is 1090. The maximum absolute atomic E-state index is 13.7. The first-order chi connectivity index (χ1) is 15.1. The van der Waals surface area contributed by atoms with Gasteiger partial charge >= 0.3 is 0 Å². The number of fused-ring (bicyclic) bond motifs is 3. The van der Waals surface area contributed by atoms with Gasteiger partial charge < -0.3 is 9.64 Å². The number of carbonyl (C=O) groups is 1. The number of aromatic nitrogens is 4. The summed E-state index contributed by atoms with van der Waals surface area (Å²) >= 11 is 5.94. The van der Waals surface area contributed by atoms with E-state index in [0.29, 0.717) is 33.9 Å². The van der Waals surface area contributed by atoms with E-state index in [0.717, 1.165) is 31.5 Å². The fourth-order valence-electron chi connectivity index (χ4n) is 4.55. The number of rotatable bonds is 4. The largest absolute Gasteiger partial charge is 0.472 e. The first-order valence-electron chi connectivity index (χ1n) is 10.4. The number of halogens is 1. The van der Waals surface area contributed by atoms with Gasteiger partial charge in [-0.15, -0.1) is 0 Å². The second kappa shape index (κ2) is 8.23. The summed E-state index contributed by atoms with van der Waals surface area (Å²) in [5.41, 5.74) is 1.85. The van der Waals surface area contributed by atoms with Gasteiger partial charge in [0, 0.05) is 36.9 Å². The number of carbonyl (C=O) groups excluding carboxylic acids is 1. The summed E-state index contributed by atoms with van der Waals surface area (Å²) in [5.74, 6) is 1.34. The minimum absolute atomic E-state index is 0.0131. The molecule has 8 heteroatoms. The number of nitrogens with zero attached hydrogens (tertiary/aromatic N) is 5. The molecule has 5 heterocycles. The van der Waals surface area contributed by atoms with Gasteiger partial charge in [-0.2, -0.15) is 0 Å². The molecule has 3 aromatic rings. The van der Waals surface area contributed by atoms with Gasteiger partial charge in [0.1, 0.15) is 11.8 Å². The summed E-state index contributed by atoms with van der Waals surface area (Å²) in [4.78, 5) is 33.1. The van der Waals surface area contributed by atoms with Crippen LogP contribution in [0.4, 0.5) is 0 Å². The van der Waals surface area contributed by atoms with Crippen molar-refractivity contribution in [2.75, 3.05) is 6.54 Å². The number of pyridine rings is 2. The first-order valence-corrected chi connectivity index (χ1v) is 10.8. The SMILES string of the molecule is Cc1ccc(C(=O)N2CC3CCC2C(Oc2ccc(Cl)cn2)C3)c(-c2ncccn2)n1. The molecular formula is C23H22ClN5O2. The Hall–Kier alpha value is -3.06. The second-order valence-electron chi connectivity index (χ2n) is 8.10. The molecule has 31 heavy (non-hydrogen) atoms. The van der Waals surface area contributed by atoms with Crippen LogP contribution in [0.1, 0.15) is 35.3 Å². The van der Waals surface area contributed by atoms with E-state index in [1.807, 2.05) is 24.0 Å². The molecule has 3 fully saturated rings. The molecule has 3 atom stereocenters. The number of aryl methyl sites for hydroxylation is 1. The van der Waals surface area contributed by atoms with Crippen molar-refractivity contribution >= 4 is 17.5 Å². The number of ether oxygens (including phenoxy) is 1. The highest BCUT2D eigenvalue weighted by molar-refractivity contribution is 6.30. The molecule has 2 bridgehead atoms. The molecule has 1 saturated carbocycles. The fourth-order valence-corrected chi connectivity index (χ4v) is 4.67. The van der Waals surface area contributed by atoms with Crippen LogP contribution in [0.5, 0.6) is 5.88 Å². The van der Waals surface area contributed by atoms with E-state index in [-0.39, 0.29) is 18.1 Å². The van der Waals surface area contributed by atoms with Crippen molar-refractivity contribution in [1.29, 1.82) is 0 Å².